The first-order chi connectivity index (χ1) is 4.97. The van der Waals surface area contributed by atoms with Gasteiger partial charge in [0.15, 0.2) is 0 Å². The van der Waals surface area contributed by atoms with E-state index in [-0.39, 0.29) is 0 Å². The van der Waals surface area contributed by atoms with Crippen LogP contribution in [0.4, 0.5) is 5.82 Å². The van der Waals surface area contributed by atoms with Gasteiger partial charge in [-0.25, -0.2) is 4.98 Å². The van der Waals surface area contributed by atoms with Crippen molar-refractivity contribution in [1.29, 1.82) is 0 Å². The maximum atomic E-state index is 4.17. The van der Waals surface area contributed by atoms with Crippen LogP contribution in [0.2, 0.25) is 0 Å². The topological polar surface area (TPSA) is 16.1 Å². The van der Waals surface area contributed by atoms with Gasteiger partial charge in [-0.1, -0.05) is 0 Å². The van der Waals surface area contributed by atoms with Gasteiger partial charge < -0.3 is 4.90 Å². The number of nitrogens with zero attached hydrogens (tertiary/aromatic N) is 2. The van der Waals surface area contributed by atoms with Gasteiger partial charge in [0.25, 0.3) is 0 Å². The molecule has 51 valence electrons. The second-order valence-electron chi connectivity index (χ2n) is 2.46. The van der Waals surface area contributed by atoms with E-state index in [4.69, 9.17) is 0 Å². The average molecular weight is 133 g/mol. The summed E-state index contributed by atoms with van der Waals surface area (Å²) in [6.45, 7) is 2.33. The van der Waals surface area contributed by atoms with Gasteiger partial charge in [0, 0.05) is 25.4 Å². The minimum absolute atomic E-state index is 1.09. The van der Waals surface area contributed by atoms with Crippen molar-refractivity contribution in [2.75, 3.05) is 18.0 Å². The van der Waals surface area contributed by atoms with Crippen LogP contribution in [0.15, 0.2) is 18.3 Å². The largest absolute Gasteiger partial charge is 0.356 e. The monoisotopic (exact) mass is 133 g/mol. The van der Waals surface area contributed by atoms with Crippen molar-refractivity contribution in [2.24, 2.45) is 0 Å². The first-order valence-corrected chi connectivity index (χ1v) is 3.54. The van der Waals surface area contributed by atoms with Gasteiger partial charge in [0.2, 0.25) is 0 Å². The van der Waals surface area contributed by atoms with E-state index in [9.17, 15) is 0 Å². The quantitative estimate of drug-likeness (QED) is 0.570. The lowest BCUT2D eigenvalue weighted by molar-refractivity contribution is 0.610. The van der Waals surface area contributed by atoms with E-state index < -0.39 is 0 Å². The van der Waals surface area contributed by atoms with Gasteiger partial charge in [-0.2, -0.15) is 0 Å². The van der Waals surface area contributed by atoms with Crippen LogP contribution in [0.1, 0.15) is 6.42 Å². The summed E-state index contributed by atoms with van der Waals surface area (Å²) in [4.78, 5) is 6.43. The maximum Gasteiger partial charge on any atom is 0.128 e. The normalized spacial score (nSPS) is 16.6. The fourth-order valence-corrected chi connectivity index (χ4v) is 1.04. The Hall–Kier alpha value is -1.05. The van der Waals surface area contributed by atoms with Crippen LogP contribution >= 0.6 is 0 Å². The molecule has 1 aliphatic heterocycles. The van der Waals surface area contributed by atoms with Gasteiger partial charge >= 0.3 is 0 Å². The standard InChI is InChI=1S/C8H9N2/c1-2-5-9-8(4-1)10-6-3-7-10/h1,4-5H,3,6-7H2. The van der Waals surface area contributed by atoms with Crippen molar-refractivity contribution < 1.29 is 0 Å². The van der Waals surface area contributed by atoms with E-state index in [1.54, 1.807) is 6.20 Å². The molecular formula is C8H9N2. The van der Waals surface area contributed by atoms with Crippen molar-refractivity contribution in [1.82, 2.24) is 4.98 Å². The second-order valence-corrected chi connectivity index (χ2v) is 2.46. The van der Waals surface area contributed by atoms with Crippen LogP contribution in [-0.4, -0.2) is 18.1 Å². The van der Waals surface area contributed by atoms with Gasteiger partial charge in [0.05, 0.1) is 0 Å². The van der Waals surface area contributed by atoms with Crippen molar-refractivity contribution in [2.45, 2.75) is 6.42 Å². The third-order valence-electron chi connectivity index (χ3n) is 1.78. The summed E-state index contributed by atoms with van der Waals surface area (Å²) in [6, 6.07) is 6.80. The molecular weight excluding hydrogens is 124 g/mol. The van der Waals surface area contributed by atoms with Crippen LogP contribution in [-0.2, 0) is 0 Å². The molecule has 0 bridgehead atoms. The van der Waals surface area contributed by atoms with E-state index >= 15 is 0 Å². The molecule has 0 aromatic carbocycles. The van der Waals surface area contributed by atoms with Crippen LogP contribution in [0, 0.1) is 6.07 Å². The molecule has 0 unspecified atom stereocenters. The Kier molecular flexibility index (Phi) is 1.31. The predicted molar refractivity (Wildman–Crippen MR) is 39.9 cm³/mol. The Bertz CT molecular complexity index is 204. The summed E-state index contributed by atoms with van der Waals surface area (Å²) in [7, 11) is 0. The van der Waals surface area contributed by atoms with Gasteiger partial charge in [-0.3, -0.25) is 0 Å². The number of pyridine rings is 1. The Morgan fingerprint density at radius 2 is 2.40 bits per heavy atom. The Morgan fingerprint density at radius 3 is 2.90 bits per heavy atom. The molecule has 1 radical (unpaired) electrons. The third-order valence-corrected chi connectivity index (χ3v) is 1.78. The fraction of sp³-hybridized carbons (Fsp3) is 0.375. The lowest BCUT2D eigenvalue weighted by atomic mass is 10.2. The van der Waals surface area contributed by atoms with Crippen molar-refractivity contribution >= 4 is 5.82 Å². The summed E-state index contributed by atoms with van der Waals surface area (Å²) in [5.41, 5.74) is 0. The van der Waals surface area contributed by atoms with Gasteiger partial charge in [0.1, 0.15) is 5.82 Å². The number of rotatable bonds is 1. The van der Waals surface area contributed by atoms with Crippen LogP contribution in [0.3, 0.4) is 0 Å². The number of anilines is 1. The molecule has 2 nitrogen and oxygen atoms in total. The molecule has 0 saturated carbocycles. The molecule has 2 heterocycles. The Labute approximate surface area is 60.5 Å². The molecule has 0 atom stereocenters. The van der Waals surface area contributed by atoms with Crippen LogP contribution < -0.4 is 4.90 Å². The maximum absolute atomic E-state index is 4.17. The first kappa shape index (κ1) is 5.71. The molecule has 2 rings (SSSR count). The Balaban J connectivity index is 2.18. The number of hydrogen-bond acceptors (Lipinski definition) is 2. The molecule has 0 N–H and O–H groups in total. The van der Waals surface area contributed by atoms with E-state index in [2.05, 4.69) is 16.0 Å². The highest BCUT2D eigenvalue weighted by molar-refractivity contribution is 5.39. The molecule has 1 saturated heterocycles. The molecule has 10 heavy (non-hydrogen) atoms. The lowest BCUT2D eigenvalue weighted by Gasteiger charge is -2.31. The first-order valence-electron chi connectivity index (χ1n) is 3.54. The zero-order chi connectivity index (χ0) is 6.81. The van der Waals surface area contributed by atoms with E-state index in [1.165, 1.54) is 6.42 Å². The van der Waals surface area contributed by atoms with Crippen molar-refractivity contribution in [3.63, 3.8) is 0 Å². The summed E-state index contributed by atoms with van der Waals surface area (Å²) < 4.78 is 0. The van der Waals surface area contributed by atoms with Gasteiger partial charge in [-0.15, -0.1) is 0 Å². The molecule has 1 aromatic rings. The molecule has 2 heteroatoms. The minimum Gasteiger partial charge on any atom is -0.356 e. The highest BCUT2D eigenvalue weighted by atomic mass is 15.2. The summed E-state index contributed by atoms with van der Waals surface area (Å²) in [5.74, 6) is 1.09. The lowest BCUT2D eigenvalue weighted by Crippen LogP contribution is -2.37. The minimum atomic E-state index is 1.09. The molecule has 1 aromatic heterocycles. The number of hydrogen-bond donors (Lipinski definition) is 0. The predicted octanol–water partition coefficient (Wildman–Crippen LogP) is 1.09. The summed E-state index contributed by atoms with van der Waals surface area (Å²) in [6.07, 6.45) is 3.02. The van der Waals surface area contributed by atoms with Crippen LogP contribution in [0.25, 0.3) is 0 Å². The fourth-order valence-electron chi connectivity index (χ4n) is 1.04. The highest BCUT2D eigenvalue weighted by Gasteiger charge is 2.13. The highest BCUT2D eigenvalue weighted by Crippen LogP contribution is 2.15. The zero-order valence-electron chi connectivity index (χ0n) is 5.75. The number of aromatic nitrogens is 1. The van der Waals surface area contributed by atoms with E-state index in [0.29, 0.717) is 0 Å². The molecule has 0 amide bonds. The van der Waals surface area contributed by atoms with Crippen molar-refractivity contribution in [3.05, 3.63) is 24.4 Å². The third kappa shape index (κ3) is 0.856. The van der Waals surface area contributed by atoms with Gasteiger partial charge in [-0.05, 0) is 18.6 Å². The summed E-state index contributed by atoms with van der Waals surface area (Å²) in [5, 5.41) is 0. The summed E-state index contributed by atoms with van der Waals surface area (Å²) >= 11 is 0. The SMILES string of the molecule is [c]1ccc(N2CCC2)nc1. The second kappa shape index (κ2) is 2.29. The van der Waals surface area contributed by atoms with E-state index in [1.807, 2.05) is 12.1 Å². The molecule has 1 fully saturated rings. The van der Waals surface area contributed by atoms with Crippen LogP contribution in [0.5, 0.6) is 0 Å². The van der Waals surface area contributed by atoms with E-state index in [0.717, 1.165) is 18.9 Å². The zero-order valence-corrected chi connectivity index (χ0v) is 5.75. The molecule has 0 aliphatic carbocycles. The molecule has 1 aliphatic rings. The van der Waals surface area contributed by atoms with Crippen molar-refractivity contribution in [3.8, 4) is 0 Å². The average Bonchev–Trinajstić information content (AvgIpc) is 1.86. The molecule has 0 spiro atoms. The Morgan fingerprint density at radius 1 is 1.50 bits per heavy atom. The smallest absolute Gasteiger partial charge is 0.128 e.